The number of Topliss-reactive ketones (excluding diaryl/α,β-unsaturated/α-hetero) is 1. The Labute approximate surface area is 129 Å². The lowest BCUT2D eigenvalue weighted by Crippen LogP contribution is -2.14. The molecule has 0 aromatic heterocycles. The van der Waals surface area contributed by atoms with Gasteiger partial charge in [0, 0.05) is 10.0 Å². The smallest absolute Gasteiger partial charge is 0.338 e. The number of ketones is 1. The van der Waals surface area contributed by atoms with Crippen LogP contribution in [0.15, 0.2) is 53.0 Å². The monoisotopic (exact) mass is 352 g/mol. The molecule has 2 aromatic rings. The van der Waals surface area contributed by atoms with Crippen molar-refractivity contribution in [2.75, 3.05) is 6.61 Å². The highest BCUT2D eigenvalue weighted by atomic mass is 79.9. The van der Waals surface area contributed by atoms with Gasteiger partial charge in [-0.05, 0) is 36.4 Å². The van der Waals surface area contributed by atoms with Crippen LogP contribution in [0.5, 0.6) is 0 Å². The molecule has 20 heavy (non-hydrogen) atoms. The summed E-state index contributed by atoms with van der Waals surface area (Å²) in [4.78, 5) is 23.6. The van der Waals surface area contributed by atoms with Crippen molar-refractivity contribution in [3.05, 3.63) is 69.2 Å². The molecule has 3 nitrogen and oxygen atoms in total. The van der Waals surface area contributed by atoms with Gasteiger partial charge in [-0.15, -0.1) is 0 Å². The van der Waals surface area contributed by atoms with Crippen molar-refractivity contribution >= 4 is 39.3 Å². The Morgan fingerprint density at radius 2 is 1.70 bits per heavy atom. The molecule has 0 fully saturated rings. The van der Waals surface area contributed by atoms with Crippen LogP contribution in [0.4, 0.5) is 0 Å². The maximum Gasteiger partial charge on any atom is 0.338 e. The van der Waals surface area contributed by atoms with E-state index < -0.39 is 5.97 Å². The Balaban J connectivity index is 1.99. The van der Waals surface area contributed by atoms with Crippen molar-refractivity contribution in [2.24, 2.45) is 0 Å². The van der Waals surface area contributed by atoms with E-state index in [0.717, 1.165) is 4.47 Å². The molecular formula is C15H10BrClO3. The number of esters is 1. The highest BCUT2D eigenvalue weighted by Crippen LogP contribution is 2.16. The number of halogens is 2. The van der Waals surface area contributed by atoms with E-state index in [9.17, 15) is 9.59 Å². The predicted octanol–water partition coefficient (Wildman–Crippen LogP) is 4.14. The fourth-order valence-electron chi connectivity index (χ4n) is 1.57. The lowest BCUT2D eigenvalue weighted by Gasteiger charge is -2.05. The predicted molar refractivity (Wildman–Crippen MR) is 80.2 cm³/mol. The second kappa shape index (κ2) is 6.68. The molecule has 0 saturated carbocycles. The number of hydrogen-bond donors (Lipinski definition) is 0. The first-order chi connectivity index (χ1) is 9.58. The first-order valence-electron chi connectivity index (χ1n) is 5.78. The van der Waals surface area contributed by atoms with E-state index in [-0.39, 0.29) is 12.4 Å². The highest BCUT2D eigenvalue weighted by molar-refractivity contribution is 9.10. The van der Waals surface area contributed by atoms with Gasteiger partial charge >= 0.3 is 5.97 Å². The largest absolute Gasteiger partial charge is 0.454 e. The minimum Gasteiger partial charge on any atom is -0.454 e. The van der Waals surface area contributed by atoms with E-state index in [0.29, 0.717) is 16.1 Å². The minimum atomic E-state index is -0.544. The van der Waals surface area contributed by atoms with Gasteiger partial charge in [0.25, 0.3) is 0 Å². The number of hydrogen-bond acceptors (Lipinski definition) is 3. The molecule has 0 amide bonds. The molecule has 0 aliphatic carbocycles. The maximum absolute atomic E-state index is 11.9. The third-order valence-corrected chi connectivity index (χ3v) is 3.45. The molecule has 0 aliphatic rings. The number of benzene rings is 2. The lowest BCUT2D eigenvalue weighted by atomic mass is 10.1. The first-order valence-corrected chi connectivity index (χ1v) is 6.95. The van der Waals surface area contributed by atoms with Gasteiger partial charge in [-0.1, -0.05) is 39.7 Å². The molecule has 0 atom stereocenters. The van der Waals surface area contributed by atoms with Crippen LogP contribution in [-0.2, 0) is 4.74 Å². The van der Waals surface area contributed by atoms with E-state index >= 15 is 0 Å². The molecule has 0 unspecified atom stereocenters. The molecule has 0 spiro atoms. The van der Waals surface area contributed by atoms with Gasteiger partial charge in [0.2, 0.25) is 5.78 Å². The number of rotatable bonds is 4. The van der Waals surface area contributed by atoms with Gasteiger partial charge in [-0.25, -0.2) is 4.79 Å². The van der Waals surface area contributed by atoms with Crippen molar-refractivity contribution in [2.45, 2.75) is 0 Å². The molecule has 0 N–H and O–H groups in total. The van der Waals surface area contributed by atoms with E-state index in [1.54, 1.807) is 48.5 Å². The van der Waals surface area contributed by atoms with Gasteiger partial charge in [-0.2, -0.15) is 0 Å². The molecular weight excluding hydrogens is 344 g/mol. The molecule has 0 bridgehead atoms. The summed E-state index contributed by atoms with van der Waals surface area (Å²) in [6.45, 7) is -0.335. The Kier molecular flexibility index (Phi) is 4.93. The van der Waals surface area contributed by atoms with Crippen LogP contribution < -0.4 is 0 Å². The van der Waals surface area contributed by atoms with Gasteiger partial charge in [-0.3, -0.25) is 4.79 Å². The van der Waals surface area contributed by atoms with E-state index in [2.05, 4.69) is 15.9 Å². The number of ether oxygens (including phenoxy) is 1. The summed E-state index contributed by atoms with van der Waals surface area (Å²) < 4.78 is 5.84. The van der Waals surface area contributed by atoms with E-state index in [4.69, 9.17) is 16.3 Å². The summed E-state index contributed by atoms with van der Waals surface area (Å²) in [5.74, 6) is -0.876. The Morgan fingerprint density at radius 3 is 2.35 bits per heavy atom. The number of carbonyl (C=O) groups is 2. The molecule has 0 saturated heterocycles. The van der Waals surface area contributed by atoms with E-state index in [1.165, 1.54) is 0 Å². The SMILES string of the molecule is O=C(OCC(=O)c1ccccc1Cl)c1ccc(Br)cc1. The fourth-order valence-corrected chi connectivity index (χ4v) is 2.07. The molecule has 0 radical (unpaired) electrons. The normalized spacial score (nSPS) is 10.1. The van der Waals surface area contributed by atoms with Crippen molar-refractivity contribution in [3.63, 3.8) is 0 Å². The maximum atomic E-state index is 11.9. The zero-order valence-corrected chi connectivity index (χ0v) is 12.6. The second-order valence-corrected chi connectivity index (χ2v) is 5.31. The van der Waals surface area contributed by atoms with Gasteiger partial charge in [0.1, 0.15) is 0 Å². The van der Waals surface area contributed by atoms with Crippen molar-refractivity contribution in [1.82, 2.24) is 0 Å². The van der Waals surface area contributed by atoms with Crippen LogP contribution in [0, 0.1) is 0 Å². The average Bonchev–Trinajstić information content (AvgIpc) is 2.45. The molecule has 0 aliphatic heterocycles. The average molecular weight is 354 g/mol. The first kappa shape index (κ1) is 14.8. The number of carbonyl (C=O) groups excluding carboxylic acids is 2. The van der Waals surface area contributed by atoms with Crippen LogP contribution in [-0.4, -0.2) is 18.4 Å². The molecule has 0 heterocycles. The van der Waals surface area contributed by atoms with Crippen LogP contribution in [0.2, 0.25) is 5.02 Å². The molecule has 5 heteroatoms. The quantitative estimate of drug-likeness (QED) is 0.613. The topological polar surface area (TPSA) is 43.4 Å². The molecule has 2 aromatic carbocycles. The summed E-state index contributed by atoms with van der Waals surface area (Å²) in [6.07, 6.45) is 0. The van der Waals surface area contributed by atoms with Crippen LogP contribution in [0.25, 0.3) is 0 Å². The van der Waals surface area contributed by atoms with Crippen LogP contribution >= 0.6 is 27.5 Å². The second-order valence-electron chi connectivity index (χ2n) is 3.99. The Bertz CT molecular complexity index is 638. The minimum absolute atomic E-state index is 0.332. The summed E-state index contributed by atoms with van der Waals surface area (Å²) in [5.41, 5.74) is 0.734. The molecule has 102 valence electrons. The zero-order chi connectivity index (χ0) is 14.5. The third kappa shape index (κ3) is 3.68. The Morgan fingerprint density at radius 1 is 1.05 bits per heavy atom. The molecule has 2 rings (SSSR count). The summed E-state index contributed by atoms with van der Waals surface area (Å²) in [7, 11) is 0. The van der Waals surface area contributed by atoms with Crippen LogP contribution in [0.1, 0.15) is 20.7 Å². The van der Waals surface area contributed by atoms with Gasteiger partial charge in [0.05, 0.1) is 10.6 Å². The third-order valence-electron chi connectivity index (χ3n) is 2.59. The van der Waals surface area contributed by atoms with Gasteiger partial charge < -0.3 is 4.74 Å². The van der Waals surface area contributed by atoms with Crippen molar-refractivity contribution in [1.29, 1.82) is 0 Å². The lowest BCUT2D eigenvalue weighted by molar-refractivity contribution is 0.0475. The highest BCUT2D eigenvalue weighted by Gasteiger charge is 2.13. The van der Waals surface area contributed by atoms with Gasteiger partial charge in [0.15, 0.2) is 6.61 Å². The summed E-state index contributed by atoms with van der Waals surface area (Å²) in [5, 5.41) is 0.345. The fraction of sp³-hybridized carbons (Fsp3) is 0.0667. The van der Waals surface area contributed by atoms with E-state index in [1.807, 2.05) is 0 Å². The van der Waals surface area contributed by atoms with Crippen molar-refractivity contribution < 1.29 is 14.3 Å². The van der Waals surface area contributed by atoms with Crippen molar-refractivity contribution in [3.8, 4) is 0 Å². The summed E-state index contributed by atoms with van der Waals surface area (Å²) >= 11 is 9.18. The summed E-state index contributed by atoms with van der Waals surface area (Å²) in [6, 6.07) is 13.3. The standard InChI is InChI=1S/C15H10BrClO3/c16-11-7-5-10(6-8-11)15(19)20-9-14(18)12-3-1-2-4-13(12)17/h1-8H,9H2. The zero-order valence-electron chi connectivity index (χ0n) is 10.3. The Hall–Kier alpha value is -1.65. The van der Waals surface area contributed by atoms with Crippen LogP contribution in [0.3, 0.4) is 0 Å².